The molecule has 0 saturated carbocycles. The van der Waals surface area contributed by atoms with E-state index < -0.39 is 18.0 Å². The minimum absolute atomic E-state index is 0.0175. The smallest absolute Gasteiger partial charge is 0.280 e. The van der Waals surface area contributed by atoms with Crippen LogP contribution in [-0.2, 0) is 0 Å². The lowest BCUT2D eigenvalue weighted by molar-refractivity contribution is 0.0998. The van der Waals surface area contributed by atoms with Crippen LogP contribution in [0.1, 0.15) is 28.0 Å². The Kier molecular flexibility index (Phi) is 3.00. The van der Waals surface area contributed by atoms with Gasteiger partial charge in [-0.2, -0.15) is 0 Å². The molecule has 1 amide bonds. The van der Waals surface area contributed by atoms with E-state index in [2.05, 4.69) is 4.98 Å². The second kappa shape index (κ2) is 3.88. The lowest BCUT2D eigenvalue weighted by Crippen LogP contribution is -2.14. The number of aryl methyl sites for hydroxylation is 1. The van der Waals surface area contributed by atoms with Crippen molar-refractivity contribution < 1.29 is 13.6 Å². The van der Waals surface area contributed by atoms with E-state index in [9.17, 15) is 13.6 Å². The number of alkyl halides is 2. The molecule has 14 heavy (non-hydrogen) atoms. The van der Waals surface area contributed by atoms with E-state index in [1.165, 1.54) is 6.92 Å². The number of amides is 1. The van der Waals surface area contributed by atoms with Gasteiger partial charge in [-0.25, -0.2) is 13.8 Å². The highest BCUT2D eigenvalue weighted by Crippen LogP contribution is 2.24. The summed E-state index contributed by atoms with van der Waals surface area (Å²) in [6, 6.07) is 1.09. The second-order valence-electron chi connectivity index (χ2n) is 2.69. The molecule has 0 aliphatic heterocycles. The van der Waals surface area contributed by atoms with Gasteiger partial charge in [0.1, 0.15) is 10.8 Å². The second-order valence-corrected chi connectivity index (χ2v) is 3.05. The Labute approximate surface area is 83.9 Å². The van der Waals surface area contributed by atoms with Gasteiger partial charge in [0.2, 0.25) is 0 Å². The van der Waals surface area contributed by atoms with E-state index >= 15 is 0 Å². The number of hydrogen-bond donors (Lipinski definition) is 1. The molecule has 0 unspecified atom stereocenters. The summed E-state index contributed by atoms with van der Waals surface area (Å²) in [6.45, 7) is 1.47. The molecule has 0 spiro atoms. The molecule has 0 radical (unpaired) electrons. The third-order valence-corrected chi connectivity index (χ3v) is 1.94. The van der Waals surface area contributed by atoms with Crippen molar-refractivity contribution in [2.45, 2.75) is 13.3 Å². The molecule has 0 aliphatic rings. The van der Waals surface area contributed by atoms with E-state index in [-0.39, 0.29) is 10.7 Å². The Balaban J connectivity index is 3.32. The number of rotatable bonds is 2. The van der Waals surface area contributed by atoms with Gasteiger partial charge in [0.15, 0.2) is 0 Å². The monoisotopic (exact) mass is 220 g/mol. The van der Waals surface area contributed by atoms with Gasteiger partial charge in [-0.05, 0) is 18.6 Å². The third-order valence-electron chi connectivity index (χ3n) is 1.66. The minimum Gasteiger partial charge on any atom is -0.365 e. The van der Waals surface area contributed by atoms with Crippen molar-refractivity contribution in [3.05, 3.63) is 28.0 Å². The summed E-state index contributed by atoms with van der Waals surface area (Å²) in [5.74, 6) is -0.777. The van der Waals surface area contributed by atoms with E-state index in [0.29, 0.717) is 5.56 Å². The third kappa shape index (κ3) is 1.98. The Morgan fingerprint density at radius 2 is 2.21 bits per heavy atom. The first-order valence-corrected chi connectivity index (χ1v) is 4.06. The van der Waals surface area contributed by atoms with Crippen LogP contribution in [0.25, 0.3) is 0 Å². The normalized spacial score (nSPS) is 10.6. The number of pyridine rings is 1. The molecule has 0 aromatic carbocycles. The number of aromatic nitrogens is 1. The van der Waals surface area contributed by atoms with Crippen LogP contribution in [0.4, 0.5) is 8.78 Å². The number of halogens is 3. The summed E-state index contributed by atoms with van der Waals surface area (Å²) in [7, 11) is 0. The number of hydrogen-bond acceptors (Lipinski definition) is 2. The van der Waals surface area contributed by atoms with Gasteiger partial charge in [-0.15, -0.1) is 0 Å². The largest absolute Gasteiger partial charge is 0.365 e. The lowest BCUT2D eigenvalue weighted by atomic mass is 10.1. The Morgan fingerprint density at radius 1 is 1.64 bits per heavy atom. The maximum Gasteiger partial charge on any atom is 0.280 e. The molecule has 0 atom stereocenters. The number of nitrogens with zero attached hydrogens (tertiary/aromatic N) is 1. The van der Waals surface area contributed by atoms with E-state index in [0.717, 1.165) is 6.07 Å². The zero-order valence-corrected chi connectivity index (χ0v) is 7.98. The molecule has 1 rings (SSSR count). The quantitative estimate of drug-likeness (QED) is 0.776. The first kappa shape index (κ1) is 10.8. The highest BCUT2D eigenvalue weighted by atomic mass is 35.5. The van der Waals surface area contributed by atoms with Crippen LogP contribution in [0.2, 0.25) is 5.15 Å². The summed E-state index contributed by atoms with van der Waals surface area (Å²) >= 11 is 5.53. The lowest BCUT2D eigenvalue weighted by Gasteiger charge is -2.06. The standard InChI is InChI=1S/C8H7ClF2N2O/c1-3-2-4(7(10)11)13-6(9)5(3)8(12)14/h2,7H,1H3,(H2,12,14). The number of primary amides is 1. The molecule has 1 aromatic heterocycles. The molecule has 76 valence electrons. The van der Waals surface area contributed by atoms with Gasteiger partial charge in [0.25, 0.3) is 12.3 Å². The number of carbonyl (C=O) groups is 1. The van der Waals surface area contributed by atoms with Crippen LogP contribution in [0.5, 0.6) is 0 Å². The highest BCUT2D eigenvalue weighted by Gasteiger charge is 2.17. The van der Waals surface area contributed by atoms with Crippen molar-refractivity contribution in [2.24, 2.45) is 5.73 Å². The van der Waals surface area contributed by atoms with Crippen molar-refractivity contribution in [1.29, 1.82) is 0 Å². The molecule has 1 aromatic rings. The minimum atomic E-state index is -2.71. The van der Waals surface area contributed by atoms with Crippen molar-refractivity contribution in [3.63, 3.8) is 0 Å². The average Bonchev–Trinajstić information content (AvgIpc) is 2.01. The summed E-state index contributed by atoms with van der Waals surface area (Å²) in [4.78, 5) is 14.2. The zero-order chi connectivity index (χ0) is 10.9. The Morgan fingerprint density at radius 3 is 2.57 bits per heavy atom. The molecule has 3 nitrogen and oxygen atoms in total. The van der Waals surface area contributed by atoms with Crippen molar-refractivity contribution in [2.75, 3.05) is 0 Å². The maximum atomic E-state index is 12.2. The first-order chi connectivity index (χ1) is 6.43. The Bertz CT molecular complexity index is 359. The molecule has 0 saturated heterocycles. The fourth-order valence-corrected chi connectivity index (χ4v) is 1.41. The fourth-order valence-electron chi connectivity index (χ4n) is 1.07. The van der Waals surface area contributed by atoms with E-state index in [1.54, 1.807) is 0 Å². The molecule has 1 heterocycles. The van der Waals surface area contributed by atoms with Crippen LogP contribution in [0, 0.1) is 6.92 Å². The van der Waals surface area contributed by atoms with Gasteiger partial charge in [0, 0.05) is 0 Å². The van der Waals surface area contributed by atoms with Crippen LogP contribution in [0.3, 0.4) is 0 Å². The van der Waals surface area contributed by atoms with Gasteiger partial charge in [-0.3, -0.25) is 4.79 Å². The van der Waals surface area contributed by atoms with Gasteiger partial charge in [0.05, 0.1) is 5.56 Å². The topological polar surface area (TPSA) is 56.0 Å². The predicted octanol–water partition coefficient (Wildman–Crippen LogP) is 2.08. The molecule has 6 heteroatoms. The molecule has 0 fully saturated rings. The van der Waals surface area contributed by atoms with Crippen molar-refractivity contribution in [3.8, 4) is 0 Å². The van der Waals surface area contributed by atoms with Gasteiger partial charge >= 0.3 is 0 Å². The van der Waals surface area contributed by atoms with Crippen LogP contribution in [-0.4, -0.2) is 10.9 Å². The summed E-state index contributed by atoms with van der Waals surface area (Å²) < 4.78 is 24.4. The summed E-state index contributed by atoms with van der Waals surface area (Å²) in [5.41, 5.74) is 4.81. The van der Waals surface area contributed by atoms with E-state index in [4.69, 9.17) is 17.3 Å². The van der Waals surface area contributed by atoms with Crippen LogP contribution >= 0.6 is 11.6 Å². The molecular formula is C8H7ClF2N2O. The molecular weight excluding hydrogens is 214 g/mol. The summed E-state index contributed by atoms with van der Waals surface area (Å²) in [6.07, 6.45) is -2.71. The molecule has 0 bridgehead atoms. The van der Waals surface area contributed by atoms with E-state index in [1.807, 2.05) is 0 Å². The first-order valence-electron chi connectivity index (χ1n) is 3.68. The summed E-state index contributed by atoms with van der Waals surface area (Å²) in [5, 5.41) is -0.284. The van der Waals surface area contributed by atoms with Crippen LogP contribution in [0.15, 0.2) is 6.07 Å². The molecule has 2 N–H and O–H groups in total. The van der Waals surface area contributed by atoms with Gasteiger partial charge < -0.3 is 5.73 Å². The SMILES string of the molecule is Cc1cc(C(F)F)nc(Cl)c1C(N)=O. The Hall–Kier alpha value is -1.23. The number of carbonyl (C=O) groups excluding carboxylic acids is 1. The fraction of sp³-hybridized carbons (Fsp3) is 0.250. The van der Waals surface area contributed by atoms with Crippen molar-refractivity contribution in [1.82, 2.24) is 4.98 Å². The predicted molar refractivity (Wildman–Crippen MR) is 47.5 cm³/mol. The maximum absolute atomic E-state index is 12.2. The highest BCUT2D eigenvalue weighted by molar-refractivity contribution is 6.32. The van der Waals surface area contributed by atoms with Gasteiger partial charge in [-0.1, -0.05) is 11.6 Å². The zero-order valence-electron chi connectivity index (χ0n) is 7.22. The average molecular weight is 221 g/mol. The van der Waals surface area contributed by atoms with Crippen molar-refractivity contribution >= 4 is 17.5 Å². The number of nitrogens with two attached hydrogens (primary N) is 1. The molecule has 0 aliphatic carbocycles. The van der Waals surface area contributed by atoms with Crippen LogP contribution < -0.4 is 5.73 Å².